The van der Waals surface area contributed by atoms with Gasteiger partial charge < -0.3 is 10.0 Å². The van der Waals surface area contributed by atoms with Crippen molar-refractivity contribution in [1.82, 2.24) is 0 Å². The molecule has 1 N–H and O–H groups in total. The summed E-state index contributed by atoms with van der Waals surface area (Å²) in [5.74, 6) is 0. The summed E-state index contributed by atoms with van der Waals surface area (Å²) in [5.41, 5.74) is -4.84. The summed E-state index contributed by atoms with van der Waals surface area (Å²) in [4.78, 5) is 0.803. The molecule has 1 atom stereocenters. The molecule has 1 saturated heterocycles. The zero-order valence-corrected chi connectivity index (χ0v) is 11.0. The maximum absolute atomic E-state index is 13.0. The molecule has 0 unspecified atom stereocenters. The van der Waals surface area contributed by atoms with Crippen molar-refractivity contribution in [3.63, 3.8) is 0 Å². The summed E-state index contributed by atoms with van der Waals surface area (Å²) in [5, 5.41) is 18.3. The number of halogens is 6. The molecule has 3 nitrogen and oxygen atoms in total. The summed E-state index contributed by atoms with van der Waals surface area (Å²) < 4.78 is 77.2. The molecular weight excluding hydrogens is 314 g/mol. The highest BCUT2D eigenvalue weighted by Gasteiger charge is 2.57. The molecule has 1 aromatic carbocycles. The molecule has 1 aliphatic heterocycles. The van der Waals surface area contributed by atoms with Crippen LogP contribution in [0.4, 0.5) is 32.0 Å². The number of hydrogen-bond donors (Lipinski definition) is 1. The molecule has 1 fully saturated rings. The fourth-order valence-electron chi connectivity index (χ4n) is 2.33. The molecule has 0 aliphatic carbocycles. The number of alkyl halides is 6. The molecule has 22 heavy (non-hydrogen) atoms. The Morgan fingerprint density at radius 2 is 1.82 bits per heavy atom. The van der Waals surface area contributed by atoms with E-state index in [1.165, 1.54) is 0 Å². The molecule has 2 rings (SSSR count). The van der Waals surface area contributed by atoms with Crippen LogP contribution in [0.5, 0.6) is 0 Å². The third-order valence-corrected chi connectivity index (χ3v) is 3.55. The summed E-state index contributed by atoms with van der Waals surface area (Å²) >= 11 is 0. The van der Waals surface area contributed by atoms with Crippen molar-refractivity contribution in [2.45, 2.75) is 24.4 Å². The monoisotopic (exact) mass is 324 g/mol. The molecule has 9 heteroatoms. The molecular formula is C13H10F6N2O. The summed E-state index contributed by atoms with van der Waals surface area (Å²) in [6.07, 6.45) is -10.4. The van der Waals surface area contributed by atoms with Crippen molar-refractivity contribution >= 4 is 5.69 Å². The van der Waals surface area contributed by atoms with E-state index in [4.69, 9.17) is 5.26 Å². The van der Waals surface area contributed by atoms with Crippen LogP contribution >= 0.6 is 0 Å². The van der Waals surface area contributed by atoms with Crippen molar-refractivity contribution < 1.29 is 31.4 Å². The minimum atomic E-state index is -4.94. The molecule has 120 valence electrons. The van der Waals surface area contributed by atoms with Gasteiger partial charge in [-0.2, -0.15) is 31.6 Å². The van der Waals surface area contributed by atoms with Gasteiger partial charge in [0.1, 0.15) is 0 Å². The van der Waals surface area contributed by atoms with Gasteiger partial charge in [0.2, 0.25) is 0 Å². The number of nitriles is 1. The highest BCUT2D eigenvalue weighted by molar-refractivity contribution is 5.60. The fourth-order valence-corrected chi connectivity index (χ4v) is 2.33. The number of nitrogens with zero attached hydrogens (tertiary/aromatic N) is 2. The average Bonchev–Trinajstić information content (AvgIpc) is 2.80. The third kappa shape index (κ3) is 2.83. The first kappa shape index (κ1) is 16.4. The predicted octanol–water partition coefficient (Wildman–Crippen LogP) is 3.08. The van der Waals surface area contributed by atoms with Crippen LogP contribution in [0.1, 0.15) is 17.5 Å². The van der Waals surface area contributed by atoms with Crippen LogP contribution in [-0.2, 0) is 6.18 Å². The molecule has 1 aliphatic rings. The molecule has 0 bridgehead atoms. The molecule has 0 spiro atoms. The summed E-state index contributed by atoms with van der Waals surface area (Å²) in [6, 6.07) is 4.12. The minimum absolute atomic E-state index is 0.106. The van der Waals surface area contributed by atoms with Crippen molar-refractivity contribution in [3.8, 4) is 6.07 Å². The van der Waals surface area contributed by atoms with E-state index in [0.29, 0.717) is 6.07 Å². The Morgan fingerprint density at radius 1 is 1.18 bits per heavy atom. The molecule has 0 amide bonds. The Morgan fingerprint density at radius 3 is 2.27 bits per heavy atom. The Hall–Kier alpha value is -1.95. The van der Waals surface area contributed by atoms with Gasteiger partial charge in [-0.1, -0.05) is 0 Å². The van der Waals surface area contributed by atoms with Gasteiger partial charge in [0.25, 0.3) is 0 Å². The van der Waals surface area contributed by atoms with E-state index in [1.807, 2.05) is 0 Å². The van der Waals surface area contributed by atoms with Gasteiger partial charge >= 0.3 is 12.4 Å². The molecule has 1 heterocycles. The Balaban J connectivity index is 2.44. The topological polar surface area (TPSA) is 47.3 Å². The molecule has 0 aromatic heterocycles. The Bertz CT molecular complexity index is 618. The maximum atomic E-state index is 13.0. The largest absolute Gasteiger partial charge is 0.418 e. The van der Waals surface area contributed by atoms with Crippen LogP contribution in [0.3, 0.4) is 0 Å². The third-order valence-electron chi connectivity index (χ3n) is 3.55. The van der Waals surface area contributed by atoms with Gasteiger partial charge in [-0.25, -0.2) is 0 Å². The van der Waals surface area contributed by atoms with E-state index in [9.17, 15) is 31.4 Å². The first-order chi connectivity index (χ1) is 9.98. The van der Waals surface area contributed by atoms with Gasteiger partial charge in [-0.3, -0.25) is 0 Å². The van der Waals surface area contributed by atoms with Crippen LogP contribution in [0.25, 0.3) is 0 Å². The van der Waals surface area contributed by atoms with Gasteiger partial charge in [0.05, 0.1) is 29.4 Å². The first-order valence-electron chi connectivity index (χ1n) is 6.13. The van der Waals surface area contributed by atoms with Gasteiger partial charge in [0.15, 0.2) is 5.60 Å². The second kappa shape index (κ2) is 5.05. The smallest absolute Gasteiger partial charge is 0.379 e. The van der Waals surface area contributed by atoms with E-state index in [1.54, 1.807) is 6.07 Å². The zero-order chi connectivity index (χ0) is 16.8. The van der Waals surface area contributed by atoms with E-state index in [2.05, 4.69) is 0 Å². The second-order valence-electron chi connectivity index (χ2n) is 5.04. The number of rotatable bonds is 1. The number of aliphatic hydroxyl groups is 1. The number of benzene rings is 1. The zero-order valence-electron chi connectivity index (χ0n) is 11.0. The highest BCUT2D eigenvalue weighted by atomic mass is 19.4. The first-order valence-corrected chi connectivity index (χ1v) is 6.13. The van der Waals surface area contributed by atoms with E-state index >= 15 is 0 Å². The SMILES string of the molecule is N#Cc1ccc(C(F)(F)F)c(N2CC[C@@](O)(C(F)(F)F)C2)c1. The lowest BCUT2D eigenvalue weighted by Crippen LogP contribution is -2.47. The standard InChI is InChI=1S/C13H10F6N2O/c14-12(15,16)9-2-1-8(6-20)5-10(9)21-4-3-11(22,7-21)13(17,18)19/h1-2,5,22H,3-4,7H2/t11-/m0/s1. The van der Waals surface area contributed by atoms with Crippen molar-refractivity contribution in [1.29, 1.82) is 5.26 Å². The summed E-state index contributed by atoms with van der Waals surface area (Å²) in [6.45, 7) is -1.40. The predicted molar refractivity (Wildman–Crippen MR) is 64.0 cm³/mol. The van der Waals surface area contributed by atoms with Crippen LogP contribution in [0.2, 0.25) is 0 Å². The lowest BCUT2D eigenvalue weighted by molar-refractivity contribution is -0.250. The fraction of sp³-hybridized carbons (Fsp3) is 0.462. The number of β-amino-alcohol motifs (C(OH)–C–C–N with tert-alkyl or cyclic N) is 1. The minimum Gasteiger partial charge on any atom is -0.379 e. The molecule has 0 radical (unpaired) electrons. The number of anilines is 1. The second-order valence-corrected chi connectivity index (χ2v) is 5.04. The van der Waals surface area contributed by atoms with Crippen LogP contribution in [0.15, 0.2) is 18.2 Å². The Kier molecular flexibility index (Phi) is 3.77. The maximum Gasteiger partial charge on any atom is 0.418 e. The molecule has 1 aromatic rings. The van der Waals surface area contributed by atoms with E-state index in [-0.39, 0.29) is 5.56 Å². The van der Waals surface area contributed by atoms with Crippen molar-refractivity contribution in [2.75, 3.05) is 18.0 Å². The van der Waals surface area contributed by atoms with Crippen LogP contribution in [0, 0.1) is 11.3 Å². The van der Waals surface area contributed by atoms with Crippen molar-refractivity contribution in [3.05, 3.63) is 29.3 Å². The van der Waals surface area contributed by atoms with Crippen LogP contribution < -0.4 is 4.90 Å². The van der Waals surface area contributed by atoms with Gasteiger partial charge in [0, 0.05) is 13.0 Å². The van der Waals surface area contributed by atoms with Gasteiger partial charge in [-0.15, -0.1) is 0 Å². The van der Waals surface area contributed by atoms with E-state index < -0.39 is 48.7 Å². The summed E-state index contributed by atoms with van der Waals surface area (Å²) in [7, 11) is 0. The highest BCUT2D eigenvalue weighted by Crippen LogP contribution is 2.43. The average molecular weight is 324 g/mol. The van der Waals surface area contributed by atoms with Crippen LogP contribution in [-0.4, -0.2) is 30.0 Å². The van der Waals surface area contributed by atoms with Crippen molar-refractivity contribution in [2.24, 2.45) is 0 Å². The Labute approximate surface area is 121 Å². The molecule has 0 saturated carbocycles. The lowest BCUT2D eigenvalue weighted by atomic mass is 10.0. The number of hydrogen-bond acceptors (Lipinski definition) is 3. The van der Waals surface area contributed by atoms with Gasteiger partial charge in [-0.05, 0) is 18.2 Å². The quantitative estimate of drug-likeness (QED) is 0.808. The normalized spacial score (nSPS) is 22.7. The van der Waals surface area contributed by atoms with E-state index in [0.717, 1.165) is 17.0 Å². The lowest BCUT2D eigenvalue weighted by Gasteiger charge is -2.28.